The van der Waals surface area contributed by atoms with E-state index in [0.29, 0.717) is 5.69 Å². The van der Waals surface area contributed by atoms with E-state index in [9.17, 15) is 4.79 Å². The Morgan fingerprint density at radius 1 is 1.60 bits per heavy atom. The molecule has 0 radical (unpaired) electrons. The predicted octanol–water partition coefficient (Wildman–Crippen LogP) is -0.0311. The van der Waals surface area contributed by atoms with Gasteiger partial charge in [-0.15, -0.1) is 0 Å². The molecule has 54 valence electrons. The first kappa shape index (κ1) is 6.82. The Bertz CT molecular complexity index is 279. The molecule has 0 aliphatic heterocycles. The second-order valence-corrected chi connectivity index (χ2v) is 2.06. The number of pyridine rings is 1. The summed E-state index contributed by atoms with van der Waals surface area (Å²) in [4.78, 5) is 13.3. The second kappa shape index (κ2) is 2.53. The maximum Gasteiger partial charge on any atom is 0.250 e. The predicted molar refractivity (Wildman–Crippen MR) is 39.6 cm³/mol. The van der Waals surface area contributed by atoms with Crippen molar-refractivity contribution in [2.24, 2.45) is 5.84 Å². The third-order valence-corrected chi connectivity index (χ3v) is 1.15. The molecule has 0 fully saturated rings. The zero-order valence-corrected chi connectivity index (χ0v) is 5.64. The zero-order chi connectivity index (χ0) is 7.56. The summed E-state index contributed by atoms with van der Waals surface area (Å²) in [6, 6.07) is 3.15. The number of nitrogens with two attached hydrogens (primary N) is 1. The van der Waals surface area contributed by atoms with Crippen LogP contribution in [-0.2, 0) is 0 Å². The molecule has 10 heavy (non-hydrogen) atoms. The van der Waals surface area contributed by atoms with E-state index < -0.39 is 0 Å². The van der Waals surface area contributed by atoms with E-state index in [1.807, 2.05) is 0 Å². The summed E-state index contributed by atoms with van der Waals surface area (Å²) < 4.78 is 0. The van der Waals surface area contributed by atoms with E-state index in [1.54, 1.807) is 13.0 Å². The van der Waals surface area contributed by atoms with Crippen molar-refractivity contribution >= 4 is 5.69 Å². The smallest absolute Gasteiger partial charge is 0.250 e. The molecule has 0 saturated heterocycles. The summed E-state index contributed by atoms with van der Waals surface area (Å²) >= 11 is 0. The van der Waals surface area contributed by atoms with Crippen molar-refractivity contribution in [3.8, 4) is 0 Å². The number of aromatic amines is 1. The Hall–Kier alpha value is -1.29. The monoisotopic (exact) mass is 139 g/mol. The average molecular weight is 139 g/mol. The Kier molecular flexibility index (Phi) is 1.73. The largest absolute Gasteiger partial charge is 0.326 e. The van der Waals surface area contributed by atoms with Crippen molar-refractivity contribution in [1.82, 2.24) is 4.98 Å². The molecule has 1 aromatic heterocycles. The maximum absolute atomic E-state index is 10.7. The van der Waals surface area contributed by atoms with Crippen LogP contribution < -0.4 is 16.8 Å². The molecule has 0 amide bonds. The second-order valence-electron chi connectivity index (χ2n) is 2.06. The number of hydrogen-bond donors (Lipinski definition) is 3. The highest BCUT2D eigenvalue weighted by atomic mass is 16.1. The van der Waals surface area contributed by atoms with Crippen LogP contribution >= 0.6 is 0 Å². The molecule has 0 unspecified atom stereocenters. The average Bonchev–Trinajstić information content (AvgIpc) is 1.85. The first-order chi connectivity index (χ1) is 4.72. The molecular weight excluding hydrogens is 130 g/mol. The Morgan fingerprint density at radius 2 is 2.30 bits per heavy atom. The van der Waals surface area contributed by atoms with E-state index in [1.165, 1.54) is 6.07 Å². The molecule has 0 saturated carbocycles. The number of hydrazine groups is 1. The molecule has 4 N–H and O–H groups in total. The number of aromatic nitrogens is 1. The number of nitrogen functional groups attached to an aromatic ring is 1. The van der Waals surface area contributed by atoms with Crippen LogP contribution in [0.1, 0.15) is 5.69 Å². The normalized spacial score (nSPS) is 9.40. The van der Waals surface area contributed by atoms with Crippen molar-refractivity contribution in [2.75, 3.05) is 5.43 Å². The highest BCUT2D eigenvalue weighted by Gasteiger charge is 1.90. The Labute approximate surface area is 58.0 Å². The molecular formula is C6H9N3O. The van der Waals surface area contributed by atoms with Gasteiger partial charge >= 0.3 is 0 Å². The van der Waals surface area contributed by atoms with Crippen LogP contribution in [0.4, 0.5) is 5.69 Å². The topological polar surface area (TPSA) is 70.9 Å². The highest BCUT2D eigenvalue weighted by Crippen LogP contribution is 2.00. The molecule has 0 aliphatic rings. The van der Waals surface area contributed by atoms with Crippen LogP contribution in [0.2, 0.25) is 0 Å². The summed E-state index contributed by atoms with van der Waals surface area (Å²) in [6.45, 7) is 1.79. The van der Waals surface area contributed by atoms with Gasteiger partial charge in [-0.05, 0) is 13.0 Å². The zero-order valence-electron chi connectivity index (χ0n) is 5.64. The summed E-state index contributed by atoms with van der Waals surface area (Å²) in [6.07, 6.45) is 0. The van der Waals surface area contributed by atoms with Gasteiger partial charge in [-0.3, -0.25) is 10.6 Å². The van der Waals surface area contributed by atoms with Crippen LogP contribution in [0.3, 0.4) is 0 Å². The summed E-state index contributed by atoms with van der Waals surface area (Å²) in [5.74, 6) is 5.08. The van der Waals surface area contributed by atoms with Crippen molar-refractivity contribution in [1.29, 1.82) is 0 Å². The van der Waals surface area contributed by atoms with Crippen molar-refractivity contribution in [3.63, 3.8) is 0 Å². The first-order valence-corrected chi connectivity index (χ1v) is 2.90. The number of aryl methyl sites for hydroxylation is 1. The lowest BCUT2D eigenvalue weighted by Crippen LogP contribution is -2.12. The minimum Gasteiger partial charge on any atom is -0.326 e. The number of H-pyrrole nitrogens is 1. The summed E-state index contributed by atoms with van der Waals surface area (Å²) in [7, 11) is 0. The molecule has 0 atom stereocenters. The van der Waals surface area contributed by atoms with Crippen molar-refractivity contribution < 1.29 is 0 Å². The molecule has 0 aromatic carbocycles. The van der Waals surface area contributed by atoms with Crippen LogP contribution in [0, 0.1) is 6.92 Å². The number of hydrogen-bond acceptors (Lipinski definition) is 3. The van der Waals surface area contributed by atoms with Gasteiger partial charge in [0.1, 0.15) is 0 Å². The molecule has 4 nitrogen and oxygen atoms in total. The first-order valence-electron chi connectivity index (χ1n) is 2.90. The molecule has 0 spiro atoms. The van der Waals surface area contributed by atoms with E-state index in [-0.39, 0.29) is 5.56 Å². The molecule has 1 heterocycles. The lowest BCUT2D eigenvalue weighted by atomic mass is 10.3. The molecule has 1 rings (SSSR count). The minimum absolute atomic E-state index is 0.145. The fraction of sp³-hybridized carbons (Fsp3) is 0.167. The lowest BCUT2D eigenvalue weighted by Gasteiger charge is -1.98. The van der Waals surface area contributed by atoms with Gasteiger partial charge in [0.05, 0.1) is 5.69 Å². The van der Waals surface area contributed by atoms with Gasteiger partial charge in [0.15, 0.2) is 0 Å². The third kappa shape index (κ3) is 1.35. The molecule has 0 aliphatic carbocycles. The fourth-order valence-electron chi connectivity index (χ4n) is 0.766. The van der Waals surface area contributed by atoms with Gasteiger partial charge in [0.25, 0.3) is 0 Å². The van der Waals surface area contributed by atoms with E-state index in [4.69, 9.17) is 5.84 Å². The van der Waals surface area contributed by atoms with Crippen LogP contribution in [0.5, 0.6) is 0 Å². The van der Waals surface area contributed by atoms with E-state index in [2.05, 4.69) is 10.4 Å². The van der Waals surface area contributed by atoms with E-state index >= 15 is 0 Å². The molecule has 0 bridgehead atoms. The van der Waals surface area contributed by atoms with Crippen molar-refractivity contribution in [2.45, 2.75) is 6.92 Å². The van der Waals surface area contributed by atoms with Gasteiger partial charge in [-0.2, -0.15) is 0 Å². The Morgan fingerprint density at radius 3 is 2.80 bits per heavy atom. The van der Waals surface area contributed by atoms with Gasteiger partial charge < -0.3 is 10.4 Å². The van der Waals surface area contributed by atoms with Gasteiger partial charge in [0.2, 0.25) is 5.56 Å². The van der Waals surface area contributed by atoms with Gasteiger partial charge in [-0.1, -0.05) is 0 Å². The third-order valence-electron chi connectivity index (χ3n) is 1.15. The summed E-state index contributed by atoms with van der Waals surface area (Å²) in [5.41, 5.74) is 3.66. The molecule has 1 aromatic rings. The highest BCUT2D eigenvalue weighted by molar-refractivity contribution is 5.41. The van der Waals surface area contributed by atoms with Crippen molar-refractivity contribution in [3.05, 3.63) is 28.2 Å². The SMILES string of the molecule is Cc1cc(NN)cc(=O)[nH]1. The van der Waals surface area contributed by atoms with Crippen LogP contribution in [0.25, 0.3) is 0 Å². The lowest BCUT2D eigenvalue weighted by molar-refractivity contribution is 1.13. The van der Waals surface area contributed by atoms with Gasteiger partial charge in [0, 0.05) is 11.8 Å². The maximum atomic E-state index is 10.7. The Balaban J connectivity index is 3.19. The van der Waals surface area contributed by atoms with Gasteiger partial charge in [-0.25, -0.2) is 0 Å². The molecule has 4 heteroatoms. The van der Waals surface area contributed by atoms with E-state index in [0.717, 1.165) is 5.69 Å². The van der Waals surface area contributed by atoms with Crippen LogP contribution in [-0.4, -0.2) is 4.98 Å². The number of nitrogens with one attached hydrogen (secondary N) is 2. The number of rotatable bonds is 1. The fourth-order valence-corrected chi connectivity index (χ4v) is 0.766. The summed E-state index contributed by atoms with van der Waals surface area (Å²) in [5, 5.41) is 0. The standard InChI is InChI=1S/C6H9N3O/c1-4-2-5(9-7)3-6(10)8-4/h2-3H,7H2,1H3,(H2,8,9,10). The van der Waals surface area contributed by atoms with Crippen LogP contribution in [0.15, 0.2) is 16.9 Å². The number of anilines is 1. The quantitative estimate of drug-likeness (QED) is 0.378. The minimum atomic E-state index is -0.145.